The summed E-state index contributed by atoms with van der Waals surface area (Å²) in [7, 11) is 0. The number of thiophene rings is 1. The summed E-state index contributed by atoms with van der Waals surface area (Å²) >= 11 is 1.71. The van der Waals surface area contributed by atoms with Crippen molar-refractivity contribution in [3.8, 4) is 5.75 Å². The third-order valence-corrected chi connectivity index (χ3v) is 3.75. The molecule has 2 rings (SSSR count). The summed E-state index contributed by atoms with van der Waals surface area (Å²) in [4.78, 5) is 0. The summed E-state index contributed by atoms with van der Waals surface area (Å²) in [5, 5.41) is 17.3. The highest BCUT2D eigenvalue weighted by atomic mass is 32.1. The van der Waals surface area contributed by atoms with Crippen LogP contribution in [0.4, 0.5) is 0 Å². The van der Waals surface area contributed by atoms with Crippen molar-refractivity contribution in [2.75, 3.05) is 19.7 Å². The third kappa shape index (κ3) is 5.33. The van der Waals surface area contributed by atoms with Crippen LogP contribution in [0.3, 0.4) is 0 Å². The van der Waals surface area contributed by atoms with E-state index in [4.69, 9.17) is 4.74 Å². The van der Waals surface area contributed by atoms with Crippen molar-refractivity contribution < 1.29 is 9.84 Å². The van der Waals surface area contributed by atoms with Crippen molar-refractivity contribution in [2.24, 2.45) is 0 Å². The van der Waals surface area contributed by atoms with Crippen molar-refractivity contribution in [1.82, 2.24) is 5.32 Å². The number of aliphatic hydroxyl groups excluding tert-OH is 1. The normalized spacial score (nSPS) is 12.3. The molecule has 108 valence electrons. The third-order valence-electron chi connectivity index (χ3n) is 3.01. The van der Waals surface area contributed by atoms with Gasteiger partial charge >= 0.3 is 0 Å². The first kappa shape index (κ1) is 15.0. The SMILES string of the molecule is Cc1ccc(OCC(O)CNCCc2ccsc2)cc1. The number of benzene rings is 1. The number of hydrogen-bond acceptors (Lipinski definition) is 4. The van der Waals surface area contributed by atoms with E-state index >= 15 is 0 Å². The molecule has 0 fully saturated rings. The molecule has 0 aliphatic heterocycles. The fraction of sp³-hybridized carbons (Fsp3) is 0.375. The van der Waals surface area contributed by atoms with Crippen LogP contribution in [0.15, 0.2) is 41.1 Å². The molecule has 0 saturated carbocycles. The molecular weight excluding hydrogens is 270 g/mol. The minimum absolute atomic E-state index is 0.314. The molecule has 0 radical (unpaired) electrons. The van der Waals surface area contributed by atoms with Gasteiger partial charge in [0, 0.05) is 6.54 Å². The quantitative estimate of drug-likeness (QED) is 0.735. The van der Waals surface area contributed by atoms with Gasteiger partial charge < -0.3 is 15.2 Å². The predicted octanol–water partition coefficient (Wildman–Crippen LogP) is 2.63. The summed E-state index contributed by atoms with van der Waals surface area (Å²) in [5.74, 6) is 0.799. The standard InChI is InChI=1S/C16H21NO2S/c1-13-2-4-16(5-3-13)19-11-15(18)10-17-8-6-14-7-9-20-12-14/h2-5,7,9,12,15,17-18H,6,8,10-11H2,1H3. The van der Waals surface area contributed by atoms with E-state index in [0.717, 1.165) is 18.7 Å². The van der Waals surface area contributed by atoms with E-state index in [1.807, 2.05) is 31.2 Å². The number of rotatable bonds is 8. The zero-order valence-corrected chi connectivity index (χ0v) is 12.5. The van der Waals surface area contributed by atoms with Gasteiger partial charge in [-0.1, -0.05) is 17.7 Å². The van der Waals surface area contributed by atoms with E-state index in [1.165, 1.54) is 11.1 Å². The van der Waals surface area contributed by atoms with Crippen LogP contribution >= 0.6 is 11.3 Å². The molecule has 1 aromatic carbocycles. The van der Waals surface area contributed by atoms with Crippen LogP contribution in [-0.2, 0) is 6.42 Å². The molecule has 4 heteroatoms. The van der Waals surface area contributed by atoms with E-state index in [9.17, 15) is 5.11 Å². The monoisotopic (exact) mass is 291 g/mol. The van der Waals surface area contributed by atoms with Crippen LogP contribution in [0.25, 0.3) is 0 Å². The second-order valence-electron chi connectivity index (χ2n) is 4.86. The van der Waals surface area contributed by atoms with Gasteiger partial charge in [-0.3, -0.25) is 0 Å². The van der Waals surface area contributed by atoms with Crippen LogP contribution in [0.2, 0.25) is 0 Å². The minimum atomic E-state index is -0.487. The van der Waals surface area contributed by atoms with Crippen molar-refractivity contribution in [2.45, 2.75) is 19.4 Å². The number of ether oxygens (including phenoxy) is 1. The van der Waals surface area contributed by atoms with E-state index < -0.39 is 6.10 Å². The van der Waals surface area contributed by atoms with Gasteiger partial charge in [-0.2, -0.15) is 11.3 Å². The first-order valence-electron chi connectivity index (χ1n) is 6.83. The lowest BCUT2D eigenvalue weighted by Crippen LogP contribution is -2.32. The molecule has 0 amide bonds. The van der Waals surface area contributed by atoms with Gasteiger partial charge in [0.05, 0.1) is 0 Å². The molecule has 2 aromatic rings. The molecule has 1 atom stereocenters. The van der Waals surface area contributed by atoms with Gasteiger partial charge in [-0.05, 0) is 54.4 Å². The lowest BCUT2D eigenvalue weighted by atomic mass is 10.2. The molecule has 0 bridgehead atoms. The van der Waals surface area contributed by atoms with E-state index in [2.05, 4.69) is 22.1 Å². The molecule has 0 aliphatic carbocycles. The molecule has 2 N–H and O–H groups in total. The van der Waals surface area contributed by atoms with Crippen molar-refractivity contribution in [3.63, 3.8) is 0 Å². The van der Waals surface area contributed by atoms with E-state index in [-0.39, 0.29) is 0 Å². The Hall–Kier alpha value is -1.36. The highest BCUT2D eigenvalue weighted by molar-refractivity contribution is 7.07. The highest BCUT2D eigenvalue weighted by Gasteiger charge is 2.04. The lowest BCUT2D eigenvalue weighted by molar-refractivity contribution is 0.106. The molecule has 0 spiro atoms. The minimum Gasteiger partial charge on any atom is -0.491 e. The van der Waals surface area contributed by atoms with Gasteiger partial charge in [0.15, 0.2) is 0 Å². The second-order valence-corrected chi connectivity index (χ2v) is 5.64. The van der Waals surface area contributed by atoms with E-state index in [0.29, 0.717) is 13.2 Å². The Morgan fingerprint density at radius 3 is 2.75 bits per heavy atom. The van der Waals surface area contributed by atoms with Gasteiger partial charge in [-0.25, -0.2) is 0 Å². The van der Waals surface area contributed by atoms with Crippen molar-refractivity contribution in [3.05, 3.63) is 52.2 Å². The Bertz CT molecular complexity index is 482. The van der Waals surface area contributed by atoms with Gasteiger partial charge in [0.2, 0.25) is 0 Å². The summed E-state index contributed by atoms with van der Waals surface area (Å²) in [5.41, 5.74) is 2.54. The highest BCUT2D eigenvalue weighted by Crippen LogP contribution is 2.11. The zero-order chi connectivity index (χ0) is 14.2. The first-order chi connectivity index (χ1) is 9.74. The van der Waals surface area contributed by atoms with Crippen LogP contribution < -0.4 is 10.1 Å². The Morgan fingerprint density at radius 1 is 1.25 bits per heavy atom. The molecule has 3 nitrogen and oxygen atoms in total. The fourth-order valence-electron chi connectivity index (χ4n) is 1.82. The average molecular weight is 291 g/mol. The molecule has 1 heterocycles. The second kappa shape index (κ2) is 8.04. The topological polar surface area (TPSA) is 41.5 Å². The summed E-state index contributed by atoms with van der Waals surface area (Å²) in [6, 6.07) is 9.98. The Balaban J connectivity index is 1.58. The van der Waals surface area contributed by atoms with Gasteiger partial charge in [0.25, 0.3) is 0 Å². The zero-order valence-electron chi connectivity index (χ0n) is 11.7. The van der Waals surface area contributed by atoms with Crippen molar-refractivity contribution in [1.29, 1.82) is 0 Å². The summed E-state index contributed by atoms with van der Waals surface area (Å²) < 4.78 is 5.54. The van der Waals surface area contributed by atoms with Crippen LogP contribution in [0, 0.1) is 6.92 Å². The molecular formula is C16H21NO2S. The van der Waals surface area contributed by atoms with Crippen LogP contribution in [0.5, 0.6) is 5.75 Å². The number of hydrogen-bond donors (Lipinski definition) is 2. The van der Waals surface area contributed by atoms with Crippen LogP contribution in [-0.4, -0.2) is 30.9 Å². The largest absolute Gasteiger partial charge is 0.491 e. The maximum atomic E-state index is 9.84. The lowest BCUT2D eigenvalue weighted by Gasteiger charge is -2.13. The molecule has 20 heavy (non-hydrogen) atoms. The maximum absolute atomic E-state index is 9.84. The number of nitrogens with one attached hydrogen (secondary N) is 1. The van der Waals surface area contributed by atoms with Gasteiger partial charge in [-0.15, -0.1) is 0 Å². The molecule has 1 aromatic heterocycles. The number of aryl methyl sites for hydroxylation is 1. The molecule has 0 saturated heterocycles. The average Bonchev–Trinajstić information content (AvgIpc) is 2.96. The fourth-order valence-corrected chi connectivity index (χ4v) is 2.53. The van der Waals surface area contributed by atoms with E-state index in [1.54, 1.807) is 11.3 Å². The van der Waals surface area contributed by atoms with Gasteiger partial charge in [0.1, 0.15) is 18.5 Å². The Kier molecular flexibility index (Phi) is 6.05. The molecule has 0 aliphatic rings. The molecule has 1 unspecified atom stereocenters. The van der Waals surface area contributed by atoms with Crippen molar-refractivity contribution >= 4 is 11.3 Å². The smallest absolute Gasteiger partial charge is 0.119 e. The predicted molar refractivity (Wildman–Crippen MR) is 83.6 cm³/mol. The van der Waals surface area contributed by atoms with Crippen LogP contribution in [0.1, 0.15) is 11.1 Å². The first-order valence-corrected chi connectivity index (χ1v) is 7.77. The summed E-state index contributed by atoms with van der Waals surface area (Å²) in [6.07, 6.45) is 0.508. The number of aliphatic hydroxyl groups is 1. The summed E-state index contributed by atoms with van der Waals surface area (Å²) in [6.45, 7) is 3.78. The maximum Gasteiger partial charge on any atom is 0.119 e. The Labute approximate surface area is 124 Å². The Morgan fingerprint density at radius 2 is 2.05 bits per heavy atom.